The second-order valence-corrected chi connectivity index (χ2v) is 7.02. The molecule has 0 fully saturated rings. The molecule has 0 unspecified atom stereocenters. The Morgan fingerprint density at radius 2 is 1.96 bits per heavy atom. The number of aryl methyl sites for hydroxylation is 1. The number of halogens is 1. The standard InChI is InChI=1S/C20H20FN3O2S/c1-14-6-8-15(9-7-14)11-24-16(12-25)10-22-20(24)27-13-19(26)23-18-5-3-2-4-17(18)21/h2-10,25H,11-13H2,1H3,(H,23,26). The number of carbonyl (C=O) groups is 1. The van der Waals surface area contributed by atoms with Crippen molar-refractivity contribution in [3.05, 3.63) is 77.4 Å². The number of aliphatic hydroxyl groups excluding tert-OH is 1. The van der Waals surface area contributed by atoms with Gasteiger partial charge in [0.2, 0.25) is 5.91 Å². The first-order valence-corrected chi connectivity index (χ1v) is 9.43. The molecule has 1 heterocycles. The molecular formula is C20H20FN3O2S. The predicted molar refractivity (Wildman–Crippen MR) is 104 cm³/mol. The molecular weight excluding hydrogens is 365 g/mol. The number of aromatic nitrogens is 2. The maximum Gasteiger partial charge on any atom is 0.234 e. The molecule has 1 aromatic heterocycles. The highest BCUT2D eigenvalue weighted by Gasteiger charge is 2.13. The molecule has 0 aliphatic carbocycles. The molecule has 0 atom stereocenters. The largest absolute Gasteiger partial charge is 0.390 e. The van der Waals surface area contributed by atoms with E-state index in [0.29, 0.717) is 17.4 Å². The van der Waals surface area contributed by atoms with Crippen molar-refractivity contribution in [2.75, 3.05) is 11.1 Å². The predicted octanol–water partition coefficient (Wildman–Crippen LogP) is 3.60. The Balaban J connectivity index is 1.68. The second-order valence-electron chi connectivity index (χ2n) is 6.08. The first kappa shape index (κ1) is 19.1. The molecule has 0 saturated heterocycles. The summed E-state index contributed by atoms with van der Waals surface area (Å²) in [7, 11) is 0. The van der Waals surface area contributed by atoms with Gasteiger partial charge in [-0.05, 0) is 24.6 Å². The highest BCUT2D eigenvalue weighted by Crippen LogP contribution is 2.21. The lowest BCUT2D eigenvalue weighted by Crippen LogP contribution is -2.16. The van der Waals surface area contributed by atoms with Crippen molar-refractivity contribution < 1.29 is 14.3 Å². The molecule has 2 aromatic carbocycles. The molecule has 1 amide bonds. The van der Waals surface area contributed by atoms with Crippen LogP contribution in [0.3, 0.4) is 0 Å². The Morgan fingerprint density at radius 3 is 2.67 bits per heavy atom. The van der Waals surface area contributed by atoms with Gasteiger partial charge in [0, 0.05) is 6.54 Å². The molecule has 0 aliphatic rings. The van der Waals surface area contributed by atoms with E-state index in [2.05, 4.69) is 10.3 Å². The van der Waals surface area contributed by atoms with Gasteiger partial charge in [-0.2, -0.15) is 0 Å². The maximum absolute atomic E-state index is 13.6. The third-order valence-corrected chi connectivity index (χ3v) is 5.00. The zero-order chi connectivity index (χ0) is 19.2. The van der Waals surface area contributed by atoms with Crippen LogP contribution < -0.4 is 5.32 Å². The average Bonchev–Trinajstić information content (AvgIpc) is 3.05. The second kappa shape index (κ2) is 8.83. The number of thioether (sulfide) groups is 1. The molecule has 7 heteroatoms. The van der Waals surface area contributed by atoms with Gasteiger partial charge in [-0.25, -0.2) is 9.37 Å². The zero-order valence-electron chi connectivity index (χ0n) is 14.9. The SMILES string of the molecule is Cc1ccc(Cn2c(CO)cnc2SCC(=O)Nc2ccccc2F)cc1. The number of rotatable bonds is 7. The van der Waals surface area contributed by atoms with Gasteiger partial charge in [-0.15, -0.1) is 0 Å². The van der Waals surface area contributed by atoms with E-state index in [1.54, 1.807) is 18.3 Å². The summed E-state index contributed by atoms with van der Waals surface area (Å²) < 4.78 is 15.5. The molecule has 3 aromatic rings. The highest BCUT2D eigenvalue weighted by atomic mass is 32.2. The Kier molecular flexibility index (Phi) is 6.26. The first-order valence-electron chi connectivity index (χ1n) is 8.45. The van der Waals surface area contributed by atoms with E-state index in [1.807, 2.05) is 35.8 Å². The number of amides is 1. The molecule has 140 valence electrons. The van der Waals surface area contributed by atoms with Crippen LogP contribution in [0.4, 0.5) is 10.1 Å². The molecule has 0 radical (unpaired) electrons. The van der Waals surface area contributed by atoms with Crippen molar-refractivity contribution in [3.8, 4) is 0 Å². The molecule has 0 bridgehead atoms. The molecule has 0 spiro atoms. The van der Waals surface area contributed by atoms with Crippen LogP contribution in [0.5, 0.6) is 0 Å². The van der Waals surface area contributed by atoms with Crippen molar-refractivity contribution in [2.45, 2.75) is 25.2 Å². The number of aliphatic hydroxyl groups is 1. The Morgan fingerprint density at radius 1 is 1.22 bits per heavy atom. The van der Waals surface area contributed by atoms with Crippen LogP contribution in [0.15, 0.2) is 59.9 Å². The summed E-state index contributed by atoms with van der Waals surface area (Å²) in [5.41, 5.74) is 3.08. The van der Waals surface area contributed by atoms with Gasteiger partial charge in [0.05, 0.1) is 29.9 Å². The Hall–Kier alpha value is -2.64. The van der Waals surface area contributed by atoms with Crippen LogP contribution in [0, 0.1) is 12.7 Å². The lowest BCUT2D eigenvalue weighted by atomic mass is 10.1. The smallest absolute Gasteiger partial charge is 0.234 e. The van der Waals surface area contributed by atoms with Crippen molar-refractivity contribution in [1.82, 2.24) is 9.55 Å². The molecule has 3 rings (SSSR count). The number of anilines is 1. The number of nitrogens with zero attached hydrogens (tertiary/aromatic N) is 2. The third-order valence-electron chi connectivity index (χ3n) is 4.01. The summed E-state index contributed by atoms with van der Waals surface area (Å²) in [5.74, 6) is -0.704. The van der Waals surface area contributed by atoms with Crippen LogP contribution in [0.1, 0.15) is 16.8 Å². The molecule has 0 saturated carbocycles. The van der Waals surface area contributed by atoms with E-state index in [0.717, 1.165) is 5.56 Å². The van der Waals surface area contributed by atoms with E-state index < -0.39 is 5.82 Å². The fraction of sp³-hybridized carbons (Fsp3) is 0.200. The fourth-order valence-electron chi connectivity index (χ4n) is 2.56. The minimum absolute atomic E-state index is 0.0874. The molecule has 5 nitrogen and oxygen atoms in total. The number of imidazole rings is 1. The summed E-state index contributed by atoms with van der Waals surface area (Å²) >= 11 is 1.25. The van der Waals surface area contributed by atoms with E-state index in [4.69, 9.17) is 0 Å². The van der Waals surface area contributed by atoms with Gasteiger partial charge in [0.15, 0.2) is 5.16 Å². The highest BCUT2D eigenvalue weighted by molar-refractivity contribution is 7.99. The normalized spacial score (nSPS) is 10.8. The molecule has 0 aliphatic heterocycles. The Labute approximate surface area is 161 Å². The van der Waals surface area contributed by atoms with Gasteiger partial charge < -0.3 is 15.0 Å². The van der Waals surface area contributed by atoms with Gasteiger partial charge in [0.25, 0.3) is 0 Å². The van der Waals surface area contributed by atoms with Crippen molar-refractivity contribution in [2.24, 2.45) is 0 Å². The van der Waals surface area contributed by atoms with Gasteiger partial charge >= 0.3 is 0 Å². The molecule has 2 N–H and O–H groups in total. The van der Waals surface area contributed by atoms with Crippen molar-refractivity contribution >= 4 is 23.4 Å². The van der Waals surface area contributed by atoms with Crippen LogP contribution in [-0.2, 0) is 17.9 Å². The number of carbonyl (C=O) groups excluding carboxylic acids is 1. The maximum atomic E-state index is 13.6. The fourth-order valence-corrected chi connectivity index (χ4v) is 3.35. The number of hydrogen-bond acceptors (Lipinski definition) is 4. The van der Waals surface area contributed by atoms with E-state index in [-0.39, 0.29) is 24.0 Å². The minimum Gasteiger partial charge on any atom is -0.390 e. The summed E-state index contributed by atoms with van der Waals surface area (Å²) in [5, 5.41) is 12.7. The van der Waals surface area contributed by atoms with E-state index in [9.17, 15) is 14.3 Å². The topological polar surface area (TPSA) is 67.1 Å². The van der Waals surface area contributed by atoms with Crippen LogP contribution in [-0.4, -0.2) is 26.3 Å². The first-order chi connectivity index (χ1) is 13.1. The number of nitrogens with one attached hydrogen (secondary N) is 1. The monoisotopic (exact) mass is 385 g/mol. The van der Waals surface area contributed by atoms with Gasteiger partial charge in [-0.3, -0.25) is 4.79 Å². The average molecular weight is 385 g/mol. The summed E-state index contributed by atoms with van der Waals surface area (Å²) in [6, 6.07) is 14.1. The van der Waals surface area contributed by atoms with Crippen LogP contribution in [0.25, 0.3) is 0 Å². The van der Waals surface area contributed by atoms with Crippen LogP contribution in [0.2, 0.25) is 0 Å². The van der Waals surface area contributed by atoms with E-state index >= 15 is 0 Å². The van der Waals surface area contributed by atoms with Crippen molar-refractivity contribution in [3.63, 3.8) is 0 Å². The number of para-hydroxylation sites is 1. The summed E-state index contributed by atoms with van der Waals surface area (Å²) in [4.78, 5) is 16.4. The number of hydrogen-bond donors (Lipinski definition) is 2. The lowest BCUT2D eigenvalue weighted by Gasteiger charge is -2.11. The molecule has 27 heavy (non-hydrogen) atoms. The van der Waals surface area contributed by atoms with Gasteiger partial charge in [-0.1, -0.05) is 53.7 Å². The summed E-state index contributed by atoms with van der Waals surface area (Å²) in [6.07, 6.45) is 1.60. The number of benzene rings is 2. The quantitative estimate of drug-likeness (QED) is 0.610. The van der Waals surface area contributed by atoms with E-state index in [1.165, 1.54) is 29.5 Å². The van der Waals surface area contributed by atoms with Crippen LogP contribution >= 0.6 is 11.8 Å². The van der Waals surface area contributed by atoms with Crippen molar-refractivity contribution in [1.29, 1.82) is 0 Å². The third kappa shape index (κ3) is 4.96. The zero-order valence-corrected chi connectivity index (χ0v) is 15.7. The minimum atomic E-state index is -0.473. The lowest BCUT2D eigenvalue weighted by molar-refractivity contribution is -0.113. The van der Waals surface area contributed by atoms with Gasteiger partial charge in [0.1, 0.15) is 5.82 Å². The Bertz CT molecular complexity index is 925. The summed E-state index contributed by atoms with van der Waals surface area (Å²) in [6.45, 7) is 2.43.